The normalized spacial score (nSPS) is 15.9. The van der Waals surface area contributed by atoms with E-state index in [1.807, 2.05) is 6.92 Å². The van der Waals surface area contributed by atoms with Gasteiger partial charge in [0.25, 0.3) is 5.91 Å². The first-order chi connectivity index (χ1) is 14.4. The predicted octanol–water partition coefficient (Wildman–Crippen LogP) is 1.91. The Labute approximate surface area is 176 Å². The summed E-state index contributed by atoms with van der Waals surface area (Å²) in [6.07, 6.45) is 0. The van der Waals surface area contributed by atoms with E-state index >= 15 is 0 Å². The summed E-state index contributed by atoms with van der Waals surface area (Å²) >= 11 is 0. The number of methoxy groups -OCH3 is 1. The molecule has 1 heterocycles. The van der Waals surface area contributed by atoms with Crippen LogP contribution in [-0.2, 0) is 14.8 Å². The van der Waals surface area contributed by atoms with E-state index in [-0.39, 0.29) is 29.0 Å². The smallest absolute Gasteiger partial charge is 0.251 e. The predicted molar refractivity (Wildman–Crippen MR) is 111 cm³/mol. The molecule has 2 aromatic carbocycles. The second-order valence-corrected chi connectivity index (χ2v) is 8.84. The molecular formula is C21H26N2O6S. The number of hydrogen-bond acceptors (Lipinski definition) is 6. The molecule has 1 aliphatic heterocycles. The number of rotatable bonds is 8. The first kappa shape index (κ1) is 22.1. The van der Waals surface area contributed by atoms with Crippen LogP contribution in [0.15, 0.2) is 53.4 Å². The minimum atomic E-state index is -3.66. The quantitative estimate of drug-likeness (QED) is 0.682. The monoisotopic (exact) mass is 434 g/mol. The van der Waals surface area contributed by atoms with Gasteiger partial charge in [-0.15, -0.1) is 0 Å². The molecule has 1 saturated heterocycles. The summed E-state index contributed by atoms with van der Waals surface area (Å²) in [5.74, 6) is 1.03. The van der Waals surface area contributed by atoms with Gasteiger partial charge in [0.15, 0.2) is 0 Å². The number of carbonyl (C=O) groups is 1. The number of amides is 1. The molecule has 1 fully saturated rings. The zero-order chi connectivity index (χ0) is 21.6. The van der Waals surface area contributed by atoms with Gasteiger partial charge < -0.3 is 19.5 Å². The van der Waals surface area contributed by atoms with Crippen LogP contribution in [0.4, 0.5) is 0 Å². The lowest BCUT2D eigenvalue weighted by molar-refractivity contribution is 0.0730. The highest BCUT2D eigenvalue weighted by atomic mass is 32.2. The molecule has 9 heteroatoms. The van der Waals surface area contributed by atoms with Gasteiger partial charge in [-0.2, -0.15) is 4.31 Å². The van der Waals surface area contributed by atoms with Crippen molar-refractivity contribution in [3.8, 4) is 11.5 Å². The number of nitrogens with zero attached hydrogens (tertiary/aromatic N) is 1. The number of sulfonamides is 1. The maximum absolute atomic E-state index is 12.8. The number of ether oxygens (including phenoxy) is 3. The molecule has 0 aliphatic carbocycles. The van der Waals surface area contributed by atoms with Crippen molar-refractivity contribution >= 4 is 15.9 Å². The molecule has 1 atom stereocenters. The van der Waals surface area contributed by atoms with Gasteiger partial charge in [0, 0.05) is 18.7 Å². The van der Waals surface area contributed by atoms with Crippen molar-refractivity contribution in [2.75, 3.05) is 40.0 Å². The largest absolute Gasteiger partial charge is 0.497 e. The minimum absolute atomic E-state index is 0.0965. The first-order valence-electron chi connectivity index (χ1n) is 9.66. The molecule has 162 valence electrons. The summed E-state index contributed by atoms with van der Waals surface area (Å²) in [6, 6.07) is 12.9. The van der Waals surface area contributed by atoms with Crippen molar-refractivity contribution in [1.82, 2.24) is 9.62 Å². The summed E-state index contributed by atoms with van der Waals surface area (Å²) < 4.78 is 43.0. The molecular weight excluding hydrogens is 408 g/mol. The number of morpholine rings is 1. The molecule has 0 radical (unpaired) electrons. The molecule has 30 heavy (non-hydrogen) atoms. The zero-order valence-electron chi connectivity index (χ0n) is 17.0. The standard InChI is InChI=1S/C21H26N2O6S/c1-16(15-29-19-8-6-18(27-2)7-9-19)22-21(24)17-4-3-5-20(14-17)30(25,26)23-10-12-28-13-11-23/h3-9,14,16H,10-13,15H2,1-2H3,(H,22,24)/t16-/m1/s1. The summed E-state index contributed by atoms with van der Waals surface area (Å²) in [5.41, 5.74) is 0.278. The summed E-state index contributed by atoms with van der Waals surface area (Å²) in [4.78, 5) is 12.7. The van der Waals surface area contributed by atoms with Crippen LogP contribution in [-0.4, -0.2) is 64.7 Å². The molecule has 0 bridgehead atoms. The van der Waals surface area contributed by atoms with Gasteiger partial charge in [-0.1, -0.05) is 6.07 Å². The van der Waals surface area contributed by atoms with Crippen molar-refractivity contribution in [2.45, 2.75) is 17.9 Å². The molecule has 0 saturated carbocycles. The highest BCUT2D eigenvalue weighted by Gasteiger charge is 2.27. The molecule has 0 aromatic heterocycles. The molecule has 8 nitrogen and oxygen atoms in total. The van der Waals surface area contributed by atoms with Crippen LogP contribution in [0.5, 0.6) is 11.5 Å². The topological polar surface area (TPSA) is 94.2 Å². The van der Waals surface area contributed by atoms with E-state index in [1.54, 1.807) is 43.5 Å². The molecule has 2 aromatic rings. The SMILES string of the molecule is COc1ccc(OC[C@@H](C)NC(=O)c2cccc(S(=O)(=O)N3CCOCC3)c2)cc1. The Bertz CT molecular complexity index is 956. The van der Waals surface area contributed by atoms with Gasteiger partial charge in [0.1, 0.15) is 18.1 Å². The Morgan fingerprint density at radius 1 is 1.13 bits per heavy atom. The van der Waals surface area contributed by atoms with Crippen LogP contribution in [0.3, 0.4) is 0 Å². The van der Waals surface area contributed by atoms with Gasteiger partial charge in [0.2, 0.25) is 10.0 Å². The number of benzene rings is 2. The lowest BCUT2D eigenvalue weighted by Crippen LogP contribution is -2.40. The van der Waals surface area contributed by atoms with Crippen LogP contribution in [0.1, 0.15) is 17.3 Å². The molecule has 0 unspecified atom stereocenters. The van der Waals surface area contributed by atoms with E-state index in [0.29, 0.717) is 32.1 Å². The molecule has 1 N–H and O–H groups in total. The van der Waals surface area contributed by atoms with E-state index in [2.05, 4.69) is 5.32 Å². The number of carbonyl (C=O) groups excluding carboxylic acids is 1. The molecule has 0 spiro atoms. The van der Waals surface area contributed by atoms with Gasteiger partial charge in [-0.05, 0) is 49.4 Å². The Kier molecular flexibility index (Phi) is 7.30. The third-order valence-corrected chi connectivity index (χ3v) is 6.54. The summed E-state index contributed by atoms with van der Waals surface area (Å²) in [5, 5.41) is 2.83. The highest BCUT2D eigenvalue weighted by molar-refractivity contribution is 7.89. The minimum Gasteiger partial charge on any atom is -0.497 e. The van der Waals surface area contributed by atoms with Crippen molar-refractivity contribution in [2.24, 2.45) is 0 Å². The molecule has 1 aliphatic rings. The summed E-state index contributed by atoms with van der Waals surface area (Å²) in [7, 11) is -2.07. The second-order valence-electron chi connectivity index (χ2n) is 6.91. The summed E-state index contributed by atoms with van der Waals surface area (Å²) in [6.45, 7) is 3.42. The Balaban J connectivity index is 1.60. The van der Waals surface area contributed by atoms with Crippen molar-refractivity contribution in [1.29, 1.82) is 0 Å². The van der Waals surface area contributed by atoms with Crippen molar-refractivity contribution in [3.63, 3.8) is 0 Å². The highest BCUT2D eigenvalue weighted by Crippen LogP contribution is 2.19. The van der Waals surface area contributed by atoms with Gasteiger partial charge in [-0.25, -0.2) is 8.42 Å². The molecule has 1 amide bonds. The van der Waals surface area contributed by atoms with Gasteiger partial charge in [-0.3, -0.25) is 4.79 Å². The van der Waals surface area contributed by atoms with E-state index in [0.717, 1.165) is 5.75 Å². The average Bonchev–Trinajstić information content (AvgIpc) is 2.78. The third-order valence-electron chi connectivity index (χ3n) is 4.64. The fourth-order valence-electron chi connectivity index (χ4n) is 2.98. The van der Waals surface area contributed by atoms with Crippen molar-refractivity contribution in [3.05, 3.63) is 54.1 Å². The van der Waals surface area contributed by atoms with Crippen LogP contribution < -0.4 is 14.8 Å². The van der Waals surface area contributed by atoms with Crippen molar-refractivity contribution < 1.29 is 27.4 Å². The van der Waals surface area contributed by atoms with Crippen LogP contribution in [0.25, 0.3) is 0 Å². The zero-order valence-corrected chi connectivity index (χ0v) is 17.9. The Morgan fingerprint density at radius 2 is 1.80 bits per heavy atom. The molecule has 3 rings (SSSR count). The van der Waals surface area contributed by atoms with Gasteiger partial charge in [0.05, 0.1) is 31.3 Å². The third kappa shape index (κ3) is 5.50. The van der Waals surface area contributed by atoms with Crippen LogP contribution >= 0.6 is 0 Å². The lowest BCUT2D eigenvalue weighted by atomic mass is 10.2. The maximum Gasteiger partial charge on any atom is 0.251 e. The fraction of sp³-hybridized carbons (Fsp3) is 0.381. The van der Waals surface area contributed by atoms with Crippen LogP contribution in [0.2, 0.25) is 0 Å². The lowest BCUT2D eigenvalue weighted by Gasteiger charge is -2.26. The average molecular weight is 435 g/mol. The Hall–Kier alpha value is -2.62. The number of nitrogens with one attached hydrogen (secondary N) is 1. The van der Waals surface area contributed by atoms with E-state index in [4.69, 9.17) is 14.2 Å². The van der Waals surface area contributed by atoms with E-state index in [9.17, 15) is 13.2 Å². The van der Waals surface area contributed by atoms with E-state index < -0.39 is 10.0 Å². The second kappa shape index (κ2) is 9.92. The van der Waals surface area contributed by atoms with E-state index in [1.165, 1.54) is 16.4 Å². The fourth-order valence-corrected chi connectivity index (χ4v) is 4.43. The number of hydrogen-bond donors (Lipinski definition) is 1. The van der Waals surface area contributed by atoms with Crippen LogP contribution in [0, 0.1) is 0 Å². The van der Waals surface area contributed by atoms with Gasteiger partial charge >= 0.3 is 0 Å². The maximum atomic E-state index is 12.8. The first-order valence-corrected chi connectivity index (χ1v) is 11.1. The Morgan fingerprint density at radius 3 is 2.47 bits per heavy atom.